The molecular weight excluding hydrogens is 232 g/mol. The molecule has 0 radical (unpaired) electrons. The fourth-order valence-electron chi connectivity index (χ4n) is 1.64. The molecule has 2 rings (SSSR count). The van der Waals surface area contributed by atoms with Gasteiger partial charge in [0.1, 0.15) is 10.6 Å². The Morgan fingerprint density at radius 3 is 2.59 bits per heavy atom. The fraction of sp³-hybridized carbons (Fsp3) is 0.214. The van der Waals surface area contributed by atoms with Crippen LogP contribution in [-0.2, 0) is 0 Å². The van der Waals surface area contributed by atoms with Gasteiger partial charge < -0.3 is 4.74 Å². The number of rotatable bonds is 3. The summed E-state index contributed by atoms with van der Waals surface area (Å²) in [7, 11) is 1.58. The topological polar surface area (TPSA) is 26.3 Å². The molecule has 0 bridgehead atoms. The van der Waals surface area contributed by atoms with Crippen LogP contribution in [0.3, 0.4) is 0 Å². The highest BCUT2D eigenvalue weighted by Gasteiger charge is 2.16. The highest BCUT2D eigenvalue weighted by molar-refractivity contribution is 7.12. The zero-order valence-electron chi connectivity index (χ0n) is 10.1. The van der Waals surface area contributed by atoms with Crippen LogP contribution >= 0.6 is 11.3 Å². The molecule has 0 amide bonds. The van der Waals surface area contributed by atoms with E-state index in [0.29, 0.717) is 16.2 Å². The standard InChI is InChI=1S/C14H14O2S/c1-9-4-5-11(8-10(9)2)13(15)14-12(16-3)6-7-17-14/h4-8H,1-3H3. The maximum Gasteiger partial charge on any atom is 0.206 e. The predicted octanol–water partition coefficient (Wildman–Crippen LogP) is 3.60. The molecule has 1 heterocycles. The predicted molar refractivity (Wildman–Crippen MR) is 70.2 cm³/mol. The van der Waals surface area contributed by atoms with Gasteiger partial charge in [-0.1, -0.05) is 12.1 Å². The van der Waals surface area contributed by atoms with E-state index in [9.17, 15) is 4.79 Å². The summed E-state index contributed by atoms with van der Waals surface area (Å²) >= 11 is 1.41. The summed E-state index contributed by atoms with van der Waals surface area (Å²) in [6, 6.07) is 7.59. The van der Waals surface area contributed by atoms with Gasteiger partial charge in [0.25, 0.3) is 0 Å². The van der Waals surface area contributed by atoms with Crippen LogP contribution in [0.2, 0.25) is 0 Å². The first kappa shape index (κ1) is 11.9. The van der Waals surface area contributed by atoms with Gasteiger partial charge in [-0.15, -0.1) is 11.3 Å². The number of thiophene rings is 1. The van der Waals surface area contributed by atoms with Gasteiger partial charge in [0.05, 0.1) is 7.11 Å². The number of hydrogen-bond donors (Lipinski definition) is 0. The molecule has 1 aromatic heterocycles. The lowest BCUT2D eigenvalue weighted by atomic mass is 10.0. The van der Waals surface area contributed by atoms with Gasteiger partial charge >= 0.3 is 0 Å². The molecule has 0 spiro atoms. The van der Waals surface area contributed by atoms with E-state index in [2.05, 4.69) is 0 Å². The number of hydrogen-bond acceptors (Lipinski definition) is 3. The zero-order valence-corrected chi connectivity index (χ0v) is 10.9. The Hall–Kier alpha value is -1.61. The van der Waals surface area contributed by atoms with Gasteiger partial charge in [-0.05, 0) is 42.5 Å². The van der Waals surface area contributed by atoms with Crippen molar-refractivity contribution in [3.8, 4) is 5.75 Å². The first-order valence-corrected chi connectivity index (χ1v) is 6.25. The highest BCUT2D eigenvalue weighted by Crippen LogP contribution is 2.27. The van der Waals surface area contributed by atoms with E-state index in [4.69, 9.17) is 4.74 Å². The number of carbonyl (C=O) groups is 1. The smallest absolute Gasteiger partial charge is 0.206 e. The molecular formula is C14H14O2S. The summed E-state index contributed by atoms with van der Waals surface area (Å²) in [6.07, 6.45) is 0. The summed E-state index contributed by atoms with van der Waals surface area (Å²) in [6.45, 7) is 4.05. The molecule has 0 aliphatic carbocycles. The lowest BCUT2D eigenvalue weighted by Crippen LogP contribution is -2.01. The average molecular weight is 246 g/mol. The van der Waals surface area contributed by atoms with Crippen LogP contribution in [0.5, 0.6) is 5.75 Å². The van der Waals surface area contributed by atoms with Gasteiger partial charge in [0.2, 0.25) is 5.78 Å². The minimum Gasteiger partial charge on any atom is -0.495 e. The third kappa shape index (κ3) is 2.24. The maximum absolute atomic E-state index is 12.3. The van der Waals surface area contributed by atoms with Crippen molar-refractivity contribution >= 4 is 17.1 Å². The van der Waals surface area contributed by atoms with Crippen molar-refractivity contribution in [3.63, 3.8) is 0 Å². The summed E-state index contributed by atoms with van der Waals surface area (Å²) in [5, 5.41) is 1.87. The van der Waals surface area contributed by atoms with E-state index in [-0.39, 0.29) is 5.78 Å². The number of ketones is 1. The van der Waals surface area contributed by atoms with Gasteiger partial charge in [0, 0.05) is 5.56 Å². The second kappa shape index (κ2) is 4.72. The Balaban J connectivity index is 2.40. The number of carbonyl (C=O) groups excluding carboxylic acids is 1. The van der Waals surface area contributed by atoms with Crippen molar-refractivity contribution < 1.29 is 9.53 Å². The van der Waals surface area contributed by atoms with Gasteiger partial charge in [0.15, 0.2) is 0 Å². The molecule has 3 heteroatoms. The lowest BCUT2D eigenvalue weighted by molar-refractivity contribution is 0.104. The van der Waals surface area contributed by atoms with Crippen LogP contribution in [0.25, 0.3) is 0 Å². The third-order valence-electron chi connectivity index (χ3n) is 2.82. The number of methoxy groups -OCH3 is 1. The molecule has 0 fully saturated rings. The Labute approximate surface area is 105 Å². The SMILES string of the molecule is COc1ccsc1C(=O)c1ccc(C)c(C)c1. The molecule has 17 heavy (non-hydrogen) atoms. The first-order valence-electron chi connectivity index (χ1n) is 5.37. The van der Waals surface area contributed by atoms with E-state index in [1.165, 1.54) is 16.9 Å². The molecule has 1 aromatic carbocycles. The van der Waals surface area contributed by atoms with E-state index in [1.54, 1.807) is 7.11 Å². The van der Waals surface area contributed by atoms with Crippen molar-refractivity contribution in [3.05, 3.63) is 51.2 Å². The van der Waals surface area contributed by atoms with E-state index < -0.39 is 0 Å². The molecule has 0 aliphatic rings. The Morgan fingerprint density at radius 2 is 1.94 bits per heavy atom. The molecule has 0 N–H and O–H groups in total. The molecule has 2 aromatic rings. The molecule has 0 unspecified atom stereocenters. The van der Waals surface area contributed by atoms with Crippen LogP contribution in [0.4, 0.5) is 0 Å². The molecule has 88 valence electrons. The van der Waals surface area contributed by atoms with Crippen LogP contribution < -0.4 is 4.74 Å². The van der Waals surface area contributed by atoms with Crippen molar-refractivity contribution in [2.45, 2.75) is 13.8 Å². The molecule has 2 nitrogen and oxygen atoms in total. The minimum atomic E-state index is 0.0277. The molecule has 0 saturated carbocycles. The van der Waals surface area contributed by atoms with E-state index in [0.717, 1.165) is 5.56 Å². The third-order valence-corrected chi connectivity index (χ3v) is 3.72. The Kier molecular flexibility index (Phi) is 3.29. The monoisotopic (exact) mass is 246 g/mol. The van der Waals surface area contributed by atoms with E-state index in [1.807, 2.05) is 43.5 Å². The second-order valence-electron chi connectivity index (χ2n) is 3.95. The summed E-state index contributed by atoms with van der Waals surface area (Å²) in [5.74, 6) is 0.679. The van der Waals surface area contributed by atoms with Crippen LogP contribution in [0.15, 0.2) is 29.6 Å². The normalized spacial score (nSPS) is 10.3. The number of ether oxygens (including phenoxy) is 1. The Morgan fingerprint density at radius 1 is 1.18 bits per heavy atom. The fourth-order valence-corrected chi connectivity index (χ4v) is 2.46. The summed E-state index contributed by atoms with van der Waals surface area (Å²) < 4.78 is 5.17. The van der Waals surface area contributed by atoms with Gasteiger partial charge in [-0.3, -0.25) is 4.79 Å². The van der Waals surface area contributed by atoms with Crippen LogP contribution in [-0.4, -0.2) is 12.9 Å². The van der Waals surface area contributed by atoms with E-state index >= 15 is 0 Å². The van der Waals surface area contributed by atoms with Crippen LogP contribution in [0, 0.1) is 13.8 Å². The quantitative estimate of drug-likeness (QED) is 0.773. The highest BCUT2D eigenvalue weighted by atomic mass is 32.1. The van der Waals surface area contributed by atoms with Crippen molar-refractivity contribution in [2.24, 2.45) is 0 Å². The Bertz CT molecular complexity index is 555. The first-order chi connectivity index (χ1) is 8.13. The second-order valence-corrected chi connectivity index (χ2v) is 4.86. The number of benzene rings is 1. The lowest BCUT2D eigenvalue weighted by Gasteiger charge is -2.05. The maximum atomic E-state index is 12.3. The molecule has 0 aliphatic heterocycles. The van der Waals surface area contributed by atoms with Gasteiger partial charge in [-0.25, -0.2) is 0 Å². The minimum absolute atomic E-state index is 0.0277. The van der Waals surface area contributed by atoms with Crippen molar-refractivity contribution in [1.29, 1.82) is 0 Å². The summed E-state index contributed by atoms with van der Waals surface area (Å²) in [4.78, 5) is 12.9. The van der Waals surface area contributed by atoms with Crippen LogP contribution in [0.1, 0.15) is 26.4 Å². The molecule has 0 atom stereocenters. The summed E-state index contributed by atoms with van der Waals surface area (Å²) in [5.41, 5.74) is 3.04. The largest absolute Gasteiger partial charge is 0.495 e. The van der Waals surface area contributed by atoms with Crippen molar-refractivity contribution in [2.75, 3.05) is 7.11 Å². The molecule has 0 saturated heterocycles. The number of aryl methyl sites for hydroxylation is 2. The van der Waals surface area contributed by atoms with Crippen molar-refractivity contribution in [1.82, 2.24) is 0 Å². The zero-order chi connectivity index (χ0) is 12.4. The van der Waals surface area contributed by atoms with Gasteiger partial charge in [-0.2, -0.15) is 0 Å². The average Bonchev–Trinajstić information content (AvgIpc) is 2.80.